The van der Waals surface area contributed by atoms with Crippen LogP contribution in [-0.2, 0) is 14.3 Å². The van der Waals surface area contributed by atoms with Gasteiger partial charge in [-0.25, -0.2) is 4.79 Å². The molecule has 3 rings (SSSR count). The smallest absolute Gasteiger partial charge is 0.338 e. The molecule has 33 heavy (non-hydrogen) atoms. The van der Waals surface area contributed by atoms with E-state index in [0.29, 0.717) is 36.4 Å². The molecule has 0 radical (unpaired) electrons. The van der Waals surface area contributed by atoms with Gasteiger partial charge in [0, 0.05) is 12.3 Å². The number of anilines is 1. The molecule has 0 aromatic heterocycles. The molecule has 1 atom stereocenters. The number of imide groups is 1. The first-order valence-electron chi connectivity index (χ1n) is 11.0. The average Bonchev–Trinajstić information content (AvgIpc) is 3.05. The molecule has 0 bridgehead atoms. The van der Waals surface area contributed by atoms with E-state index in [9.17, 15) is 19.2 Å². The summed E-state index contributed by atoms with van der Waals surface area (Å²) in [6.07, 6.45) is 0.302. The van der Waals surface area contributed by atoms with Gasteiger partial charge in [0.15, 0.2) is 0 Å². The zero-order valence-corrected chi connectivity index (χ0v) is 19.0. The van der Waals surface area contributed by atoms with Crippen LogP contribution in [0.1, 0.15) is 58.3 Å². The third-order valence-corrected chi connectivity index (χ3v) is 5.17. The lowest BCUT2D eigenvalue weighted by molar-refractivity contribution is -0.120. The first-order valence-corrected chi connectivity index (χ1v) is 11.0. The van der Waals surface area contributed by atoms with E-state index in [4.69, 9.17) is 9.47 Å². The van der Waals surface area contributed by atoms with Crippen molar-refractivity contribution in [1.29, 1.82) is 0 Å². The molecule has 1 aliphatic rings. The summed E-state index contributed by atoms with van der Waals surface area (Å²) < 4.78 is 10.3. The summed E-state index contributed by atoms with van der Waals surface area (Å²) in [5.41, 5.74) is 1.22. The normalized spacial score (nSPS) is 13.8. The van der Waals surface area contributed by atoms with Crippen molar-refractivity contribution in [2.75, 3.05) is 25.1 Å². The Kier molecular flexibility index (Phi) is 7.95. The van der Waals surface area contributed by atoms with Gasteiger partial charge in [0.2, 0.25) is 5.91 Å². The highest BCUT2D eigenvalue weighted by atomic mass is 16.6. The molecule has 8 heteroatoms. The number of carbonyl (C=O) groups excluding carboxylic acids is 4. The number of benzene rings is 2. The second-order valence-corrected chi connectivity index (χ2v) is 8.07. The molecule has 2 aromatic rings. The minimum absolute atomic E-state index is 0.0525. The highest BCUT2D eigenvalue weighted by Crippen LogP contribution is 2.27. The van der Waals surface area contributed by atoms with Crippen LogP contribution in [0.25, 0.3) is 0 Å². The van der Waals surface area contributed by atoms with Crippen molar-refractivity contribution in [2.24, 2.45) is 5.92 Å². The van der Waals surface area contributed by atoms with Crippen molar-refractivity contribution in [2.45, 2.75) is 33.2 Å². The quantitative estimate of drug-likeness (QED) is 0.336. The van der Waals surface area contributed by atoms with Crippen LogP contribution >= 0.6 is 0 Å². The van der Waals surface area contributed by atoms with Crippen LogP contribution in [0.3, 0.4) is 0 Å². The minimum atomic E-state index is -0.987. The lowest BCUT2D eigenvalue weighted by Crippen LogP contribution is -2.47. The Morgan fingerprint density at radius 3 is 2.24 bits per heavy atom. The molecular weight excluding hydrogens is 424 g/mol. The zero-order valence-electron chi connectivity index (χ0n) is 19.0. The number of rotatable bonds is 10. The van der Waals surface area contributed by atoms with E-state index in [2.05, 4.69) is 5.32 Å². The van der Waals surface area contributed by atoms with Gasteiger partial charge in [0.25, 0.3) is 11.8 Å². The molecule has 1 N–H and O–H groups in total. The van der Waals surface area contributed by atoms with Crippen LogP contribution in [0.2, 0.25) is 0 Å². The average molecular weight is 453 g/mol. The summed E-state index contributed by atoms with van der Waals surface area (Å²) in [7, 11) is 0. The molecule has 3 amide bonds. The Morgan fingerprint density at radius 2 is 1.64 bits per heavy atom. The predicted octanol–water partition coefficient (Wildman–Crippen LogP) is 3.53. The van der Waals surface area contributed by atoms with E-state index in [1.807, 2.05) is 20.8 Å². The van der Waals surface area contributed by atoms with Gasteiger partial charge in [-0.15, -0.1) is 0 Å². The number of nitrogens with one attached hydrogen (secondary N) is 1. The van der Waals surface area contributed by atoms with E-state index in [-0.39, 0.29) is 18.1 Å². The van der Waals surface area contributed by atoms with Crippen LogP contribution in [0.5, 0.6) is 0 Å². The molecule has 0 aliphatic carbocycles. The lowest BCUT2D eigenvalue weighted by atomic mass is 10.0. The number of nitrogens with zero attached hydrogens (tertiary/aromatic N) is 1. The van der Waals surface area contributed by atoms with Gasteiger partial charge in [0.05, 0.1) is 23.3 Å². The molecular formula is C25H28N2O6. The molecule has 0 saturated carbocycles. The van der Waals surface area contributed by atoms with Gasteiger partial charge in [-0.2, -0.15) is 0 Å². The van der Waals surface area contributed by atoms with Crippen molar-refractivity contribution in [3.63, 3.8) is 0 Å². The van der Waals surface area contributed by atoms with Crippen molar-refractivity contribution >= 4 is 29.4 Å². The van der Waals surface area contributed by atoms with E-state index < -0.39 is 29.7 Å². The number of fused-ring (bicyclic) bond motifs is 1. The standard InChI is InChI=1S/C25H28N2O6/c1-4-32-12-13-33-25(31)17-8-7-9-18(15-17)26-22(28)21(14-16(2)3)27-23(29)19-10-5-6-11-20(19)24(27)30/h5-11,15-16,21H,4,12-14H2,1-3H3,(H,26,28). The molecule has 174 valence electrons. The Bertz CT molecular complexity index is 1010. The summed E-state index contributed by atoms with van der Waals surface area (Å²) in [6.45, 7) is 6.64. The summed E-state index contributed by atoms with van der Waals surface area (Å²) >= 11 is 0. The molecule has 2 aromatic carbocycles. The summed E-state index contributed by atoms with van der Waals surface area (Å²) in [6, 6.07) is 11.9. The van der Waals surface area contributed by atoms with Gasteiger partial charge < -0.3 is 14.8 Å². The van der Waals surface area contributed by atoms with Crippen LogP contribution in [0, 0.1) is 5.92 Å². The van der Waals surface area contributed by atoms with E-state index in [0.717, 1.165) is 4.90 Å². The Balaban J connectivity index is 1.76. The van der Waals surface area contributed by atoms with Gasteiger partial charge in [-0.05, 0) is 49.6 Å². The van der Waals surface area contributed by atoms with Crippen LogP contribution < -0.4 is 5.32 Å². The van der Waals surface area contributed by atoms with Crippen molar-refractivity contribution in [3.8, 4) is 0 Å². The second-order valence-electron chi connectivity index (χ2n) is 8.07. The van der Waals surface area contributed by atoms with Crippen molar-refractivity contribution in [3.05, 3.63) is 65.2 Å². The zero-order chi connectivity index (χ0) is 24.0. The first kappa shape index (κ1) is 24.1. The Labute approximate surface area is 192 Å². The number of ether oxygens (including phenoxy) is 2. The molecule has 1 unspecified atom stereocenters. The molecule has 1 aliphatic heterocycles. The monoisotopic (exact) mass is 452 g/mol. The molecule has 8 nitrogen and oxygen atoms in total. The summed E-state index contributed by atoms with van der Waals surface area (Å²) in [4.78, 5) is 52.4. The molecule has 0 spiro atoms. The maximum atomic E-state index is 13.2. The lowest BCUT2D eigenvalue weighted by Gasteiger charge is -2.26. The number of hydrogen-bond acceptors (Lipinski definition) is 6. The molecule has 0 fully saturated rings. The number of amides is 3. The first-order chi connectivity index (χ1) is 15.8. The summed E-state index contributed by atoms with van der Waals surface area (Å²) in [5.74, 6) is -1.95. The van der Waals surface area contributed by atoms with E-state index in [1.165, 1.54) is 6.07 Å². The minimum Gasteiger partial charge on any atom is -0.460 e. The molecule has 1 heterocycles. The van der Waals surface area contributed by atoms with Crippen LogP contribution in [0.4, 0.5) is 5.69 Å². The Morgan fingerprint density at radius 1 is 0.970 bits per heavy atom. The summed E-state index contributed by atoms with van der Waals surface area (Å²) in [5, 5.41) is 2.75. The van der Waals surface area contributed by atoms with Crippen molar-refractivity contribution in [1.82, 2.24) is 4.90 Å². The van der Waals surface area contributed by atoms with Crippen LogP contribution in [-0.4, -0.2) is 54.5 Å². The third-order valence-electron chi connectivity index (χ3n) is 5.17. The topological polar surface area (TPSA) is 102 Å². The number of carbonyl (C=O) groups is 4. The van der Waals surface area contributed by atoms with E-state index >= 15 is 0 Å². The number of hydrogen-bond donors (Lipinski definition) is 1. The second kappa shape index (κ2) is 10.9. The van der Waals surface area contributed by atoms with Gasteiger partial charge in [-0.3, -0.25) is 19.3 Å². The molecule has 0 saturated heterocycles. The predicted molar refractivity (Wildman–Crippen MR) is 122 cm³/mol. The van der Waals surface area contributed by atoms with Crippen molar-refractivity contribution < 1.29 is 28.7 Å². The maximum Gasteiger partial charge on any atom is 0.338 e. The third kappa shape index (κ3) is 5.64. The van der Waals surface area contributed by atoms with E-state index in [1.54, 1.807) is 42.5 Å². The SMILES string of the molecule is CCOCCOC(=O)c1cccc(NC(=O)C(CC(C)C)N2C(=O)c3ccccc3C2=O)c1. The van der Waals surface area contributed by atoms with Crippen LogP contribution in [0.15, 0.2) is 48.5 Å². The van der Waals surface area contributed by atoms with Gasteiger partial charge in [-0.1, -0.05) is 32.0 Å². The highest BCUT2D eigenvalue weighted by Gasteiger charge is 2.42. The fourth-order valence-corrected chi connectivity index (χ4v) is 3.64. The van der Waals surface area contributed by atoms with Gasteiger partial charge >= 0.3 is 5.97 Å². The highest BCUT2D eigenvalue weighted by molar-refractivity contribution is 6.23. The Hall–Kier alpha value is -3.52. The fraction of sp³-hybridized carbons (Fsp3) is 0.360. The maximum absolute atomic E-state index is 13.2. The largest absolute Gasteiger partial charge is 0.460 e. The van der Waals surface area contributed by atoms with Gasteiger partial charge in [0.1, 0.15) is 12.6 Å². The fourth-order valence-electron chi connectivity index (χ4n) is 3.64. The number of esters is 1.